The van der Waals surface area contributed by atoms with Crippen molar-refractivity contribution in [3.8, 4) is 0 Å². The Balaban J connectivity index is 2.31. The second-order valence-electron chi connectivity index (χ2n) is 6.54. The predicted octanol–water partition coefficient (Wildman–Crippen LogP) is 2.77. The maximum absolute atomic E-state index is 13.2. The van der Waals surface area contributed by atoms with Gasteiger partial charge in [-0.3, -0.25) is 14.1 Å². The third-order valence-electron chi connectivity index (χ3n) is 4.21. The van der Waals surface area contributed by atoms with Gasteiger partial charge in [0.15, 0.2) is 0 Å². The number of nitrogens with zero attached hydrogens (tertiary/aromatic N) is 3. The molecule has 2 aromatic rings. The normalized spacial score (nSPS) is 12.3. The van der Waals surface area contributed by atoms with Crippen LogP contribution in [-0.2, 0) is 20.4 Å². The molecule has 172 valence electrons. The van der Waals surface area contributed by atoms with Crippen LogP contribution < -0.4 is 5.73 Å². The molecular weight excluding hydrogens is 462 g/mol. The van der Waals surface area contributed by atoms with Gasteiger partial charge in [0.05, 0.1) is 13.2 Å². The molecule has 10 nitrogen and oxygen atoms in total. The monoisotopic (exact) mass is 484 g/mol. The minimum absolute atomic E-state index is 0.00952. The number of allylic oxidation sites excluding steroid dienone is 1. The fourth-order valence-electron chi connectivity index (χ4n) is 2.53. The number of aryl methyl sites for hydroxylation is 1. The quantitative estimate of drug-likeness (QED) is 0.338. The number of phosphoric ester groups is 1. The highest BCUT2D eigenvalue weighted by molar-refractivity contribution is 8.17. The van der Waals surface area contributed by atoms with E-state index in [0.29, 0.717) is 28.4 Å². The van der Waals surface area contributed by atoms with E-state index in [0.717, 1.165) is 23.9 Å². The van der Waals surface area contributed by atoms with Gasteiger partial charge in [-0.1, -0.05) is 0 Å². The number of nitrogen functional groups attached to an aromatic ring is 1. The van der Waals surface area contributed by atoms with Gasteiger partial charge in [0.2, 0.25) is 11.5 Å². The van der Waals surface area contributed by atoms with Crippen molar-refractivity contribution >= 4 is 36.9 Å². The van der Waals surface area contributed by atoms with Crippen LogP contribution in [0, 0.1) is 12.7 Å². The lowest BCUT2D eigenvalue weighted by atomic mass is 10.2. The highest BCUT2D eigenvalue weighted by Gasteiger charge is 2.20. The van der Waals surface area contributed by atoms with Gasteiger partial charge in [-0.2, -0.15) is 0 Å². The van der Waals surface area contributed by atoms with Crippen LogP contribution in [-0.4, -0.2) is 42.8 Å². The number of phosphoric acid groups is 1. The van der Waals surface area contributed by atoms with E-state index in [1.165, 1.54) is 23.2 Å². The Morgan fingerprint density at radius 2 is 2.00 bits per heavy atom. The molecule has 2 rings (SSSR count). The van der Waals surface area contributed by atoms with E-state index < -0.39 is 25.4 Å². The first-order valence-electron chi connectivity index (χ1n) is 9.17. The van der Waals surface area contributed by atoms with Crippen molar-refractivity contribution in [3.63, 3.8) is 0 Å². The standard InChI is InChI=1S/C19H22FN4O6PS/c1-12(24(11-25)10-15-9-22-13(2)23-18(15)21)17(7-8-30-31(27,28)29)32-19(26)14-3-5-16(20)6-4-14/h3-6,9,11H,7-8,10H2,1-2H3,(H2,21,22,23)(H2,27,28,29)/b17-12-. The number of carbonyl (C=O) groups is 2. The minimum Gasteiger partial charge on any atom is -0.383 e. The summed E-state index contributed by atoms with van der Waals surface area (Å²) in [7, 11) is -4.72. The van der Waals surface area contributed by atoms with Crippen molar-refractivity contribution < 1.29 is 32.9 Å². The topological polar surface area (TPSA) is 156 Å². The fraction of sp³-hybridized carbons (Fsp3) is 0.263. The van der Waals surface area contributed by atoms with Gasteiger partial charge < -0.3 is 20.4 Å². The van der Waals surface area contributed by atoms with Crippen LogP contribution in [0.1, 0.15) is 35.1 Å². The van der Waals surface area contributed by atoms with Gasteiger partial charge in [-0.25, -0.2) is 18.9 Å². The number of carbonyl (C=O) groups excluding carboxylic acids is 2. The number of aromatic nitrogens is 2. The first-order chi connectivity index (χ1) is 15.0. The predicted molar refractivity (Wildman–Crippen MR) is 116 cm³/mol. The van der Waals surface area contributed by atoms with Gasteiger partial charge in [-0.15, -0.1) is 0 Å². The Kier molecular flexibility index (Phi) is 9.05. The molecule has 0 spiro atoms. The zero-order valence-corrected chi connectivity index (χ0v) is 19.0. The number of benzene rings is 1. The second kappa shape index (κ2) is 11.3. The molecule has 0 saturated carbocycles. The number of amides is 1. The lowest BCUT2D eigenvalue weighted by Gasteiger charge is -2.22. The summed E-state index contributed by atoms with van der Waals surface area (Å²) in [6.07, 6.45) is 1.94. The maximum Gasteiger partial charge on any atom is 0.469 e. The minimum atomic E-state index is -4.72. The van der Waals surface area contributed by atoms with Gasteiger partial charge >= 0.3 is 7.82 Å². The maximum atomic E-state index is 13.2. The molecule has 0 aliphatic heterocycles. The van der Waals surface area contributed by atoms with Crippen molar-refractivity contribution in [2.45, 2.75) is 26.8 Å². The van der Waals surface area contributed by atoms with Crippen LogP contribution in [0.4, 0.5) is 10.2 Å². The summed E-state index contributed by atoms with van der Waals surface area (Å²) in [5, 5.41) is -0.445. The van der Waals surface area contributed by atoms with Crippen molar-refractivity contribution in [2.75, 3.05) is 12.3 Å². The number of thioether (sulfide) groups is 1. The van der Waals surface area contributed by atoms with Gasteiger partial charge in [0.1, 0.15) is 17.5 Å². The molecule has 0 atom stereocenters. The molecule has 4 N–H and O–H groups in total. The molecule has 0 radical (unpaired) electrons. The average Bonchev–Trinajstić information content (AvgIpc) is 2.71. The van der Waals surface area contributed by atoms with Crippen molar-refractivity contribution in [3.05, 3.63) is 63.8 Å². The second-order valence-corrected chi connectivity index (χ2v) is 8.85. The van der Waals surface area contributed by atoms with Gasteiger partial charge in [0.25, 0.3) is 0 Å². The fourth-order valence-corrected chi connectivity index (χ4v) is 3.79. The molecule has 0 saturated heterocycles. The molecule has 0 aliphatic rings. The molecule has 0 bridgehead atoms. The summed E-state index contributed by atoms with van der Waals surface area (Å²) in [4.78, 5) is 52.0. The molecule has 1 amide bonds. The largest absolute Gasteiger partial charge is 0.469 e. The number of hydrogen-bond acceptors (Lipinski definition) is 8. The highest BCUT2D eigenvalue weighted by Crippen LogP contribution is 2.37. The van der Waals surface area contributed by atoms with E-state index in [1.807, 2.05) is 0 Å². The molecule has 0 aliphatic carbocycles. The van der Waals surface area contributed by atoms with Crippen molar-refractivity contribution in [2.24, 2.45) is 0 Å². The van der Waals surface area contributed by atoms with E-state index in [-0.39, 0.29) is 24.3 Å². The Labute approximate surface area is 187 Å². The zero-order valence-electron chi connectivity index (χ0n) is 17.3. The Morgan fingerprint density at radius 1 is 1.34 bits per heavy atom. The van der Waals surface area contributed by atoms with Crippen LogP contribution >= 0.6 is 19.6 Å². The van der Waals surface area contributed by atoms with Crippen LogP contribution in [0.5, 0.6) is 0 Å². The molecule has 0 fully saturated rings. The number of nitrogens with two attached hydrogens (primary N) is 1. The van der Waals surface area contributed by atoms with Crippen LogP contribution in [0.25, 0.3) is 0 Å². The van der Waals surface area contributed by atoms with Crippen molar-refractivity contribution in [1.29, 1.82) is 0 Å². The molecule has 32 heavy (non-hydrogen) atoms. The average molecular weight is 484 g/mol. The summed E-state index contributed by atoms with van der Waals surface area (Å²) >= 11 is 0.746. The summed E-state index contributed by atoms with van der Waals surface area (Å²) in [5.74, 6) is 0.157. The smallest absolute Gasteiger partial charge is 0.383 e. The van der Waals surface area contributed by atoms with Gasteiger partial charge in [0, 0.05) is 34.3 Å². The lowest BCUT2D eigenvalue weighted by molar-refractivity contribution is -0.116. The highest BCUT2D eigenvalue weighted by atomic mass is 32.2. The zero-order chi connectivity index (χ0) is 23.9. The Hall–Kier alpha value is -2.63. The third-order valence-corrected chi connectivity index (χ3v) is 5.89. The van der Waals surface area contributed by atoms with Crippen LogP contribution in [0.2, 0.25) is 0 Å². The van der Waals surface area contributed by atoms with E-state index in [1.54, 1.807) is 13.8 Å². The van der Waals surface area contributed by atoms with E-state index >= 15 is 0 Å². The molecule has 1 heterocycles. The number of rotatable bonds is 10. The van der Waals surface area contributed by atoms with E-state index in [4.69, 9.17) is 15.5 Å². The summed E-state index contributed by atoms with van der Waals surface area (Å²) < 4.78 is 28.6. The molecular formula is C19H22FN4O6PS. The van der Waals surface area contributed by atoms with Gasteiger partial charge in [-0.05, 0) is 49.9 Å². The SMILES string of the molecule is C/C(=C(\CCOP(=O)(O)O)SC(=O)c1ccc(F)cc1)N(C=O)Cc1cnc(C)nc1N. The van der Waals surface area contributed by atoms with Crippen LogP contribution in [0.3, 0.4) is 0 Å². The number of halogens is 1. The summed E-state index contributed by atoms with van der Waals surface area (Å²) in [6.45, 7) is 2.84. The number of hydrogen-bond donors (Lipinski definition) is 3. The lowest BCUT2D eigenvalue weighted by Crippen LogP contribution is -2.22. The van der Waals surface area contributed by atoms with E-state index in [2.05, 4.69) is 14.5 Å². The first kappa shape index (κ1) is 25.6. The molecule has 13 heteroatoms. The third kappa shape index (κ3) is 7.81. The Bertz CT molecular complexity index is 1060. The van der Waals surface area contributed by atoms with E-state index in [9.17, 15) is 18.5 Å². The molecule has 1 aromatic heterocycles. The number of anilines is 1. The molecule has 1 aromatic carbocycles. The van der Waals surface area contributed by atoms with Crippen molar-refractivity contribution in [1.82, 2.24) is 14.9 Å². The molecule has 0 unspecified atom stereocenters. The summed E-state index contributed by atoms with van der Waals surface area (Å²) in [6, 6.07) is 4.90. The Morgan fingerprint density at radius 3 is 2.56 bits per heavy atom. The van der Waals surface area contributed by atoms with Crippen LogP contribution in [0.15, 0.2) is 41.1 Å². The summed E-state index contributed by atoms with van der Waals surface area (Å²) in [5.41, 5.74) is 6.92. The first-order valence-corrected chi connectivity index (χ1v) is 11.5.